The number of carbonyl (C=O) groups excluding carboxylic acids is 2. The summed E-state index contributed by atoms with van der Waals surface area (Å²) >= 11 is 0. The van der Waals surface area contributed by atoms with Gasteiger partial charge in [-0.3, -0.25) is 9.59 Å². The summed E-state index contributed by atoms with van der Waals surface area (Å²) in [4.78, 5) is 27.8. The summed E-state index contributed by atoms with van der Waals surface area (Å²) in [5, 5.41) is 2.93. The summed E-state index contributed by atoms with van der Waals surface area (Å²) in [5.74, 6) is 0.218. The zero-order chi connectivity index (χ0) is 20.8. The monoisotopic (exact) mass is 396 g/mol. The summed E-state index contributed by atoms with van der Waals surface area (Å²) in [6.07, 6.45) is 0. The van der Waals surface area contributed by atoms with Crippen LogP contribution in [0.2, 0.25) is 0 Å². The molecule has 0 aromatic heterocycles. The van der Waals surface area contributed by atoms with Gasteiger partial charge in [0.2, 0.25) is 5.91 Å². The zero-order valence-electron chi connectivity index (χ0n) is 17.2. The van der Waals surface area contributed by atoms with E-state index in [1.54, 1.807) is 19.1 Å². The van der Waals surface area contributed by atoms with E-state index in [9.17, 15) is 9.59 Å². The van der Waals surface area contributed by atoms with E-state index in [1.165, 1.54) is 0 Å². The van der Waals surface area contributed by atoms with E-state index in [4.69, 9.17) is 9.47 Å². The molecule has 0 radical (unpaired) electrons. The van der Waals surface area contributed by atoms with Crippen LogP contribution in [0.5, 0.6) is 5.75 Å². The second-order valence-corrected chi connectivity index (χ2v) is 7.30. The molecule has 0 unspecified atom stereocenters. The molecule has 29 heavy (non-hydrogen) atoms. The fraction of sp³-hybridized carbons (Fsp3) is 0.391. The van der Waals surface area contributed by atoms with Crippen LogP contribution in [0.4, 0.5) is 0 Å². The maximum Gasteiger partial charge on any atom is 0.254 e. The summed E-state index contributed by atoms with van der Waals surface area (Å²) in [5.41, 5.74) is 2.61. The first-order valence-electron chi connectivity index (χ1n) is 9.80. The van der Waals surface area contributed by atoms with E-state index >= 15 is 0 Å². The number of hydrogen-bond donors (Lipinski definition) is 1. The van der Waals surface area contributed by atoms with Crippen LogP contribution in [0.25, 0.3) is 0 Å². The minimum atomic E-state index is -0.327. The van der Waals surface area contributed by atoms with E-state index in [0.717, 1.165) is 16.9 Å². The molecule has 1 N–H and O–H groups in total. The highest BCUT2D eigenvalue weighted by Crippen LogP contribution is 2.35. The van der Waals surface area contributed by atoms with Crippen molar-refractivity contribution >= 4 is 11.8 Å². The van der Waals surface area contributed by atoms with Gasteiger partial charge in [-0.15, -0.1) is 0 Å². The fourth-order valence-corrected chi connectivity index (χ4v) is 3.84. The molecule has 2 atom stereocenters. The fourth-order valence-electron chi connectivity index (χ4n) is 3.84. The lowest BCUT2D eigenvalue weighted by molar-refractivity contribution is -0.125. The molecule has 6 nitrogen and oxygen atoms in total. The Morgan fingerprint density at radius 1 is 1.10 bits per heavy atom. The molecule has 0 bridgehead atoms. The van der Waals surface area contributed by atoms with Crippen molar-refractivity contribution < 1.29 is 19.1 Å². The molecule has 1 fully saturated rings. The smallest absolute Gasteiger partial charge is 0.254 e. The van der Waals surface area contributed by atoms with Gasteiger partial charge in [0.25, 0.3) is 5.91 Å². The van der Waals surface area contributed by atoms with Gasteiger partial charge in [-0.05, 0) is 36.2 Å². The third kappa shape index (κ3) is 4.77. The number of likely N-dealkylation sites (tertiary alicyclic amines) is 1. The summed E-state index contributed by atoms with van der Waals surface area (Å²) < 4.78 is 10.4. The maximum atomic E-state index is 13.1. The second-order valence-electron chi connectivity index (χ2n) is 7.30. The number of methoxy groups -OCH3 is 2. The van der Waals surface area contributed by atoms with Crippen molar-refractivity contribution in [3.63, 3.8) is 0 Å². The van der Waals surface area contributed by atoms with Crippen LogP contribution >= 0.6 is 0 Å². The highest BCUT2D eigenvalue weighted by Gasteiger charge is 2.40. The van der Waals surface area contributed by atoms with Gasteiger partial charge in [-0.1, -0.05) is 30.3 Å². The number of amides is 2. The van der Waals surface area contributed by atoms with E-state index in [0.29, 0.717) is 31.8 Å². The van der Waals surface area contributed by atoms with Gasteiger partial charge in [-0.2, -0.15) is 0 Å². The molecule has 1 heterocycles. The van der Waals surface area contributed by atoms with Crippen molar-refractivity contribution in [1.82, 2.24) is 10.2 Å². The number of nitrogens with one attached hydrogen (secondary N) is 1. The van der Waals surface area contributed by atoms with Crippen molar-refractivity contribution in [3.8, 4) is 5.75 Å². The SMILES string of the molecule is COCCNC(=O)[C@@H]1CN(C(=O)c2ccccc2C)C[C@@H]1c1cccc(OC)c1. The highest BCUT2D eigenvalue weighted by atomic mass is 16.5. The molecule has 2 aromatic carbocycles. The topological polar surface area (TPSA) is 67.9 Å². The van der Waals surface area contributed by atoms with Crippen molar-refractivity contribution in [2.75, 3.05) is 40.5 Å². The van der Waals surface area contributed by atoms with Crippen LogP contribution in [0.3, 0.4) is 0 Å². The Morgan fingerprint density at radius 2 is 1.90 bits per heavy atom. The molecule has 0 spiro atoms. The zero-order valence-corrected chi connectivity index (χ0v) is 17.2. The van der Waals surface area contributed by atoms with E-state index in [2.05, 4.69) is 5.32 Å². The summed E-state index contributed by atoms with van der Waals surface area (Å²) in [6, 6.07) is 15.3. The van der Waals surface area contributed by atoms with Gasteiger partial charge < -0.3 is 19.7 Å². The van der Waals surface area contributed by atoms with Crippen molar-refractivity contribution in [1.29, 1.82) is 0 Å². The molecule has 0 saturated carbocycles. The Bertz CT molecular complexity index is 867. The number of rotatable bonds is 7. The number of hydrogen-bond acceptors (Lipinski definition) is 4. The standard InChI is InChI=1S/C23H28N2O4/c1-16-7-4-5-10-19(16)23(27)25-14-20(17-8-6-9-18(13-17)29-3)21(15-25)22(26)24-11-12-28-2/h4-10,13,20-21H,11-12,14-15H2,1-3H3,(H,24,26)/t20-,21-/m1/s1. The molecule has 154 valence electrons. The molecule has 0 aliphatic carbocycles. The molecular weight excluding hydrogens is 368 g/mol. The van der Waals surface area contributed by atoms with Crippen LogP contribution in [0, 0.1) is 12.8 Å². The van der Waals surface area contributed by atoms with Gasteiger partial charge in [0, 0.05) is 38.2 Å². The Morgan fingerprint density at radius 3 is 2.62 bits per heavy atom. The minimum absolute atomic E-state index is 0.0387. The molecule has 2 amide bonds. The van der Waals surface area contributed by atoms with Gasteiger partial charge in [0.1, 0.15) is 5.75 Å². The number of benzene rings is 2. The largest absolute Gasteiger partial charge is 0.497 e. The highest BCUT2D eigenvalue weighted by molar-refractivity contribution is 5.96. The number of aryl methyl sites for hydroxylation is 1. The lowest BCUT2D eigenvalue weighted by atomic mass is 9.88. The van der Waals surface area contributed by atoms with Crippen molar-refractivity contribution in [2.45, 2.75) is 12.8 Å². The molecule has 1 aliphatic rings. The van der Waals surface area contributed by atoms with Gasteiger partial charge in [0.05, 0.1) is 19.6 Å². The van der Waals surface area contributed by atoms with Crippen molar-refractivity contribution in [3.05, 3.63) is 65.2 Å². The third-order valence-corrected chi connectivity index (χ3v) is 5.45. The second kappa shape index (κ2) is 9.56. The first kappa shape index (κ1) is 20.9. The Balaban J connectivity index is 1.86. The van der Waals surface area contributed by atoms with E-state index in [1.807, 2.05) is 55.5 Å². The molecule has 1 saturated heterocycles. The van der Waals surface area contributed by atoms with Crippen LogP contribution in [-0.2, 0) is 9.53 Å². The van der Waals surface area contributed by atoms with Crippen molar-refractivity contribution in [2.24, 2.45) is 5.92 Å². The first-order valence-corrected chi connectivity index (χ1v) is 9.80. The third-order valence-electron chi connectivity index (χ3n) is 5.45. The Labute approximate surface area is 171 Å². The number of carbonyl (C=O) groups is 2. The van der Waals surface area contributed by atoms with Gasteiger partial charge in [0.15, 0.2) is 0 Å². The Hall–Kier alpha value is -2.86. The predicted octanol–water partition coefficient (Wildman–Crippen LogP) is 2.62. The minimum Gasteiger partial charge on any atom is -0.497 e. The molecule has 1 aliphatic heterocycles. The predicted molar refractivity (Wildman–Crippen MR) is 111 cm³/mol. The normalized spacial score (nSPS) is 18.5. The van der Waals surface area contributed by atoms with Gasteiger partial charge in [-0.25, -0.2) is 0 Å². The van der Waals surface area contributed by atoms with Crippen LogP contribution in [-0.4, -0.2) is 57.2 Å². The Kier molecular flexibility index (Phi) is 6.88. The average molecular weight is 396 g/mol. The lowest BCUT2D eigenvalue weighted by Crippen LogP contribution is -2.37. The molecule has 6 heteroatoms. The van der Waals surface area contributed by atoms with E-state index < -0.39 is 0 Å². The van der Waals surface area contributed by atoms with E-state index in [-0.39, 0.29) is 23.7 Å². The van der Waals surface area contributed by atoms with Crippen LogP contribution in [0.15, 0.2) is 48.5 Å². The van der Waals surface area contributed by atoms with Crippen LogP contribution in [0.1, 0.15) is 27.4 Å². The summed E-state index contributed by atoms with van der Waals surface area (Å²) in [7, 11) is 3.22. The maximum absolute atomic E-state index is 13.1. The lowest BCUT2D eigenvalue weighted by Gasteiger charge is -2.18. The number of ether oxygens (including phenoxy) is 2. The average Bonchev–Trinajstić information content (AvgIpc) is 3.19. The molecular formula is C23H28N2O4. The molecule has 3 rings (SSSR count). The number of nitrogens with zero attached hydrogens (tertiary/aromatic N) is 1. The van der Waals surface area contributed by atoms with Crippen LogP contribution < -0.4 is 10.1 Å². The van der Waals surface area contributed by atoms with Gasteiger partial charge >= 0.3 is 0 Å². The first-order chi connectivity index (χ1) is 14.0. The quantitative estimate of drug-likeness (QED) is 0.731. The summed E-state index contributed by atoms with van der Waals surface area (Å²) in [6.45, 7) is 3.70. The molecule has 2 aromatic rings.